The summed E-state index contributed by atoms with van der Waals surface area (Å²) in [6, 6.07) is 5.49. The van der Waals surface area contributed by atoms with E-state index in [2.05, 4.69) is 28.0 Å². The topological polar surface area (TPSA) is 95.9 Å². The van der Waals surface area contributed by atoms with Gasteiger partial charge in [-0.05, 0) is 93.8 Å². The smallest absolute Gasteiger partial charge is 0.414 e. The molecule has 4 aliphatic heterocycles. The second kappa shape index (κ2) is 13.7. The molecule has 3 saturated heterocycles. The van der Waals surface area contributed by atoms with Gasteiger partial charge in [-0.15, -0.1) is 6.42 Å². The van der Waals surface area contributed by atoms with E-state index in [1.165, 1.54) is 24.3 Å². The summed E-state index contributed by atoms with van der Waals surface area (Å²) in [5.41, 5.74) is 0.0953. The first kappa shape index (κ1) is 36.3. The van der Waals surface area contributed by atoms with Gasteiger partial charge in [-0.25, -0.2) is 13.8 Å². The van der Waals surface area contributed by atoms with Gasteiger partial charge in [0.2, 0.25) is 0 Å². The number of aromatic nitrogens is 3. The molecule has 14 heteroatoms. The van der Waals surface area contributed by atoms with Gasteiger partial charge in [0, 0.05) is 42.2 Å². The van der Waals surface area contributed by atoms with Crippen LogP contribution in [0.2, 0.25) is 0 Å². The van der Waals surface area contributed by atoms with Gasteiger partial charge >= 0.3 is 12.2 Å². The Labute approximate surface area is 315 Å². The number of aromatic hydroxyl groups is 1. The second-order valence-electron chi connectivity index (χ2n) is 15.8. The number of fused-ring (bicyclic) bond motifs is 4. The van der Waals surface area contributed by atoms with Crippen molar-refractivity contribution in [1.82, 2.24) is 25.2 Å². The van der Waals surface area contributed by atoms with Crippen LogP contribution in [0.15, 0.2) is 24.3 Å². The third-order valence-electron chi connectivity index (χ3n) is 12.6. The highest BCUT2D eigenvalue weighted by Crippen LogP contribution is 2.47. The van der Waals surface area contributed by atoms with E-state index in [4.69, 9.17) is 30.8 Å². The summed E-state index contributed by atoms with van der Waals surface area (Å²) < 4.78 is 85.7. The molecule has 4 fully saturated rings. The predicted molar refractivity (Wildman–Crippen MR) is 197 cm³/mol. The number of piperazine rings is 1. The van der Waals surface area contributed by atoms with Crippen LogP contribution < -0.4 is 15.0 Å². The van der Waals surface area contributed by atoms with Crippen LogP contribution in [-0.4, -0.2) is 93.8 Å². The molecule has 4 aromatic rings. The van der Waals surface area contributed by atoms with Gasteiger partial charge in [0.15, 0.2) is 11.9 Å². The molecule has 5 atom stereocenters. The number of alkyl halides is 3. The molecule has 9 rings (SSSR count). The SMILES string of the molecule is C#Cc1c(F)ccc2cc(O)cc(-c3nc4c5c(nc(OC[C@@]67CCCN6[C@H](COC(C6CC6)C(F)(F)F)CC7)nc5c3F)N3CCN[C@@H](CC)[C@H]3CC4)c12. The third-order valence-corrected chi connectivity index (χ3v) is 12.6. The lowest BCUT2D eigenvalue weighted by Crippen LogP contribution is -2.58. The number of anilines is 1. The van der Waals surface area contributed by atoms with Crippen LogP contribution in [0.5, 0.6) is 11.8 Å². The Hall–Kier alpha value is -4.32. The van der Waals surface area contributed by atoms with E-state index in [0.29, 0.717) is 80.4 Å². The lowest BCUT2D eigenvalue weighted by Gasteiger charge is -2.42. The summed E-state index contributed by atoms with van der Waals surface area (Å²) in [5.74, 6) is 0.880. The van der Waals surface area contributed by atoms with Gasteiger partial charge in [-0.1, -0.05) is 18.9 Å². The average Bonchev–Trinajstić information content (AvgIpc) is 3.85. The van der Waals surface area contributed by atoms with Crippen LogP contribution in [-0.2, 0) is 11.2 Å². The quantitative estimate of drug-likeness (QED) is 0.138. The molecule has 0 bridgehead atoms. The van der Waals surface area contributed by atoms with Crippen molar-refractivity contribution in [3.63, 3.8) is 0 Å². The number of phenolic OH excluding ortho intramolecular Hbond substituents is 1. The minimum atomic E-state index is -4.39. The van der Waals surface area contributed by atoms with Crippen molar-refractivity contribution in [2.45, 2.75) is 101 Å². The molecule has 0 radical (unpaired) electrons. The fourth-order valence-corrected chi connectivity index (χ4v) is 9.90. The van der Waals surface area contributed by atoms with Crippen LogP contribution in [0, 0.1) is 29.9 Å². The first-order valence-electron chi connectivity index (χ1n) is 19.4. The Balaban J connectivity index is 1.11. The Morgan fingerprint density at radius 1 is 1.07 bits per heavy atom. The summed E-state index contributed by atoms with van der Waals surface area (Å²) in [6.07, 6.45) is 5.81. The summed E-state index contributed by atoms with van der Waals surface area (Å²) in [5, 5.41) is 15.5. The zero-order valence-corrected chi connectivity index (χ0v) is 30.6. The number of terminal acetylenes is 1. The maximum Gasteiger partial charge on any atom is 0.414 e. The fourth-order valence-electron chi connectivity index (χ4n) is 9.90. The highest BCUT2D eigenvalue weighted by molar-refractivity contribution is 6.03. The zero-order chi connectivity index (χ0) is 38.2. The maximum atomic E-state index is 17.3. The molecule has 1 unspecified atom stereocenters. The number of phenols is 1. The van der Waals surface area contributed by atoms with Crippen molar-refractivity contribution >= 4 is 27.5 Å². The van der Waals surface area contributed by atoms with E-state index < -0.39 is 35.4 Å². The Bertz CT molecular complexity index is 2210. The zero-order valence-electron chi connectivity index (χ0n) is 30.6. The summed E-state index contributed by atoms with van der Waals surface area (Å²) >= 11 is 0. The largest absolute Gasteiger partial charge is 0.508 e. The van der Waals surface area contributed by atoms with Crippen molar-refractivity contribution in [2.75, 3.05) is 37.7 Å². The number of hydrogen-bond acceptors (Lipinski definition) is 9. The lowest BCUT2D eigenvalue weighted by atomic mass is 9.95. The molecule has 0 amide bonds. The number of rotatable bonds is 9. The van der Waals surface area contributed by atoms with Gasteiger partial charge in [0.05, 0.1) is 28.8 Å². The van der Waals surface area contributed by atoms with E-state index in [9.17, 15) is 18.3 Å². The molecule has 2 aromatic heterocycles. The van der Waals surface area contributed by atoms with Crippen molar-refractivity contribution in [2.24, 2.45) is 5.92 Å². The normalized spacial score (nSPS) is 25.8. The second-order valence-corrected chi connectivity index (χ2v) is 15.8. The number of nitrogens with one attached hydrogen (secondary N) is 1. The summed E-state index contributed by atoms with van der Waals surface area (Å²) in [6.45, 7) is 4.34. The predicted octanol–water partition coefficient (Wildman–Crippen LogP) is 7.05. The molecule has 290 valence electrons. The minimum Gasteiger partial charge on any atom is -0.508 e. The van der Waals surface area contributed by atoms with Crippen molar-refractivity contribution < 1.29 is 36.5 Å². The number of halogens is 5. The number of aryl methyl sites for hydroxylation is 1. The van der Waals surface area contributed by atoms with Crippen LogP contribution in [0.3, 0.4) is 0 Å². The van der Waals surface area contributed by atoms with Crippen molar-refractivity contribution in [3.8, 4) is 35.4 Å². The molecular weight excluding hydrogens is 719 g/mol. The summed E-state index contributed by atoms with van der Waals surface area (Å²) in [4.78, 5) is 19.0. The van der Waals surface area contributed by atoms with E-state index in [1.807, 2.05) is 0 Å². The Morgan fingerprint density at radius 2 is 1.91 bits per heavy atom. The van der Waals surface area contributed by atoms with Crippen LogP contribution >= 0.6 is 0 Å². The number of hydrogen-bond donors (Lipinski definition) is 2. The molecule has 9 nitrogen and oxygen atoms in total. The molecular formula is C41H43F5N6O3. The standard InChI is InChI=1S/C41H43F5N6O3/c1-3-26-28(42)9-8-23-18-25(53)19-27(32(23)26)35-34(43)36-33-30(48-35)10-11-31-29(4-2)47-15-17-51(31)38(33)50-39(49-36)55-21-40-13-5-16-52(40)24(12-14-40)20-54-37(22-6-7-22)41(44,45)46/h1,8-9,18-19,22,24,29,31,37,47,53H,4-7,10-17,20-21H2,2H3/t24-,29-,31+,37?,40-/m0/s1. The van der Waals surface area contributed by atoms with Gasteiger partial charge < -0.3 is 24.8 Å². The first-order chi connectivity index (χ1) is 26.5. The van der Waals surface area contributed by atoms with Crippen LogP contribution in [0.4, 0.5) is 27.8 Å². The van der Waals surface area contributed by atoms with E-state index >= 15 is 8.78 Å². The maximum absolute atomic E-state index is 17.3. The average molecular weight is 763 g/mol. The summed E-state index contributed by atoms with van der Waals surface area (Å²) in [7, 11) is 0. The number of ether oxygens (including phenoxy) is 2. The number of nitrogens with zero attached hydrogens (tertiary/aromatic N) is 5. The van der Waals surface area contributed by atoms with Crippen LogP contribution in [0.25, 0.3) is 32.9 Å². The van der Waals surface area contributed by atoms with Gasteiger partial charge in [0.1, 0.15) is 35.2 Å². The molecule has 1 aliphatic carbocycles. The molecule has 55 heavy (non-hydrogen) atoms. The van der Waals surface area contributed by atoms with Crippen molar-refractivity contribution in [1.29, 1.82) is 0 Å². The van der Waals surface area contributed by atoms with Gasteiger partial charge in [0.25, 0.3) is 0 Å². The Morgan fingerprint density at radius 3 is 2.67 bits per heavy atom. The molecule has 2 N–H and O–H groups in total. The third kappa shape index (κ3) is 6.23. The molecule has 0 spiro atoms. The minimum absolute atomic E-state index is 0.000800. The fraction of sp³-hybridized carbons (Fsp3) is 0.537. The lowest BCUT2D eigenvalue weighted by molar-refractivity contribution is -0.230. The Kier molecular flexibility index (Phi) is 9.05. The van der Waals surface area contributed by atoms with E-state index in [1.54, 1.807) is 0 Å². The monoisotopic (exact) mass is 762 g/mol. The highest BCUT2D eigenvalue weighted by Gasteiger charge is 2.53. The molecule has 6 heterocycles. The molecule has 1 saturated carbocycles. The van der Waals surface area contributed by atoms with Gasteiger partial charge in [-0.2, -0.15) is 23.1 Å². The van der Waals surface area contributed by atoms with Crippen LogP contribution in [0.1, 0.15) is 69.5 Å². The molecule has 5 aliphatic rings. The van der Waals surface area contributed by atoms with Gasteiger partial charge in [-0.3, -0.25) is 4.90 Å². The van der Waals surface area contributed by atoms with E-state index in [0.717, 1.165) is 19.3 Å². The molecule has 2 aromatic carbocycles. The van der Waals surface area contributed by atoms with E-state index in [-0.39, 0.29) is 70.8 Å². The number of pyridine rings is 1. The number of benzene rings is 2. The first-order valence-corrected chi connectivity index (χ1v) is 19.4. The highest BCUT2D eigenvalue weighted by atomic mass is 19.4. The van der Waals surface area contributed by atoms with Crippen molar-refractivity contribution in [3.05, 3.63) is 47.2 Å².